The standard InChI is InChI=1S/C6H5BrN4OS/c1-11-2-3(7)4(10-11)5-8-9-6(13)12-5/h2H,1H3,(H,9,13). The summed E-state index contributed by atoms with van der Waals surface area (Å²) in [5.41, 5.74) is 0.634. The van der Waals surface area contributed by atoms with Crippen LogP contribution in [0.5, 0.6) is 0 Å². The Hall–Kier alpha value is -0.950. The predicted octanol–water partition coefficient (Wildman–Crippen LogP) is 1.90. The van der Waals surface area contributed by atoms with Crippen LogP contribution in [0.15, 0.2) is 15.1 Å². The summed E-state index contributed by atoms with van der Waals surface area (Å²) in [5, 5.41) is 10.5. The minimum atomic E-state index is 0.243. The molecule has 0 saturated heterocycles. The first kappa shape index (κ1) is 8.64. The fraction of sp³-hybridized carbons (Fsp3) is 0.167. The molecule has 0 aliphatic carbocycles. The molecule has 7 heteroatoms. The highest BCUT2D eigenvalue weighted by molar-refractivity contribution is 9.10. The van der Waals surface area contributed by atoms with Crippen LogP contribution < -0.4 is 0 Å². The molecule has 0 bridgehead atoms. The van der Waals surface area contributed by atoms with Gasteiger partial charge in [-0.3, -0.25) is 4.68 Å². The van der Waals surface area contributed by atoms with Gasteiger partial charge in [-0.25, -0.2) is 5.10 Å². The maximum atomic E-state index is 5.11. The van der Waals surface area contributed by atoms with Crippen LogP contribution >= 0.6 is 28.1 Å². The van der Waals surface area contributed by atoms with E-state index in [-0.39, 0.29) is 4.84 Å². The molecule has 2 aromatic rings. The van der Waals surface area contributed by atoms with Gasteiger partial charge in [-0.15, -0.1) is 5.10 Å². The summed E-state index contributed by atoms with van der Waals surface area (Å²) in [7, 11) is 1.82. The molecule has 0 radical (unpaired) electrons. The molecule has 2 heterocycles. The van der Waals surface area contributed by atoms with E-state index in [0.717, 1.165) is 4.47 Å². The number of H-pyrrole nitrogens is 1. The normalized spacial score (nSPS) is 10.6. The Kier molecular flexibility index (Phi) is 2.04. The molecule has 1 N–H and O–H groups in total. The molecule has 2 aromatic heterocycles. The second-order valence-electron chi connectivity index (χ2n) is 2.42. The molecule has 0 amide bonds. The average Bonchev–Trinajstić information content (AvgIpc) is 2.58. The molecule has 0 fully saturated rings. The Morgan fingerprint density at radius 1 is 1.69 bits per heavy atom. The summed E-state index contributed by atoms with van der Waals surface area (Å²) >= 11 is 8.08. The van der Waals surface area contributed by atoms with Gasteiger partial charge in [0.1, 0.15) is 0 Å². The van der Waals surface area contributed by atoms with Crippen LogP contribution in [0.4, 0.5) is 0 Å². The number of rotatable bonds is 1. The van der Waals surface area contributed by atoms with E-state index in [1.165, 1.54) is 0 Å². The summed E-state index contributed by atoms with van der Waals surface area (Å²) in [5.74, 6) is 0.387. The van der Waals surface area contributed by atoms with E-state index < -0.39 is 0 Å². The lowest BCUT2D eigenvalue weighted by Gasteiger charge is -1.86. The van der Waals surface area contributed by atoms with Crippen molar-refractivity contribution in [1.82, 2.24) is 20.0 Å². The number of aryl methyl sites for hydroxylation is 1. The SMILES string of the molecule is Cn1cc(Br)c(-c2n[nH]c(=S)o2)n1. The Labute approximate surface area is 86.9 Å². The minimum absolute atomic E-state index is 0.243. The second kappa shape index (κ2) is 3.08. The fourth-order valence-electron chi connectivity index (χ4n) is 0.936. The molecule has 2 rings (SSSR count). The van der Waals surface area contributed by atoms with Gasteiger partial charge in [-0.2, -0.15) is 5.10 Å². The van der Waals surface area contributed by atoms with E-state index in [2.05, 4.69) is 31.2 Å². The first-order valence-electron chi connectivity index (χ1n) is 3.42. The highest BCUT2D eigenvalue weighted by Gasteiger charge is 2.12. The number of halogens is 1. The van der Waals surface area contributed by atoms with Gasteiger partial charge in [-0.05, 0) is 28.1 Å². The third-order valence-electron chi connectivity index (χ3n) is 1.42. The number of hydrogen-bond donors (Lipinski definition) is 1. The molecule has 0 aliphatic rings. The van der Waals surface area contributed by atoms with Crippen LogP contribution in [0.25, 0.3) is 11.6 Å². The third kappa shape index (κ3) is 1.56. The van der Waals surface area contributed by atoms with Gasteiger partial charge >= 0.3 is 0 Å². The molecule has 13 heavy (non-hydrogen) atoms. The van der Waals surface area contributed by atoms with Gasteiger partial charge < -0.3 is 4.42 Å². The van der Waals surface area contributed by atoms with Gasteiger partial charge in [0.15, 0.2) is 5.69 Å². The fourth-order valence-corrected chi connectivity index (χ4v) is 1.61. The summed E-state index contributed by atoms with van der Waals surface area (Å²) in [6.07, 6.45) is 1.81. The van der Waals surface area contributed by atoms with Gasteiger partial charge in [0.05, 0.1) is 4.47 Å². The third-order valence-corrected chi connectivity index (χ3v) is 2.18. The number of hydrogen-bond acceptors (Lipinski definition) is 4. The minimum Gasteiger partial charge on any atom is -0.408 e. The van der Waals surface area contributed by atoms with Crippen LogP contribution in [0, 0.1) is 4.84 Å². The monoisotopic (exact) mass is 260 g/mol. The van der Waals surface area contributed by atoms with Crippen molar-refractivity contribution in [2.24, 2.45) is 7.05 Å². The van der Waals surface area contributed by atoms with E-state index in [0.29, 0.717) is 11.6 Å². The van der Waals surface area contributed by atoms with E-state index in [9.17, 15) is 0 Å². The van der Waals surface area contributed by atoms with E-state index in [1.54, 1.807) is 4.68 Å². The van der Waals surface area contributed by atoms with Crippen molar-refractivity contribution in [3.05, 3.63) is 15.5 Å². The molecule has 0 spiro atoms. The molecule has 0 aliphatic heterocycles. The van der Waals surface area contributed by atoms with Crippen LogP contribution in [0.3, 0.4) is 0 Å². The lowest BCUT2D eigenvalue weighted by Crippen LogP contribution is -1.87. The number of nitrogens with one attached hydrogen (secondary N) is 1. The summed E-state index contributed by atoms with van der Waals surface area (Å²) in [4.78, 5) is 0.243. The zero-order valence-corrected chi connectivity index (χ0v) is 9.02. The first-order valence-corrected chi connectivity index (χ1v) is 4.62. The quantitative estimate of drug-likeness (QED) is 0.796. The van der Waals surface area contributed by atoms with Crippen molar-refractivity contribution < 1.29 is 4.42 Å². The van der Waals surface area contributed by atoms with Gasteiger partial charge in [0, 0.05) is 13.2 Å². The Bertz CT molecular complexity index is 485. The zero-order valence-electron chi connectivity index (χ0n) is 6.61. The highest BCUT2D eigenvalue weighted by Crippen LogP contribution is 2.24. The average molecular weight is 261 g/mol. The topological polar surface area (TPSA) is 59.6 Å². The highest BCUT2D eigenvalue weighted by atomic mass is 79.9. The van der Waals surface area contributed by atoms with Crippen LogP contribution in [-0.4, -0.2) is 20.0 Å². The first-order chi connectivity index (χ1) is 6.16. The van der Waals surface area contributed by atoms with Gasteiger partial charge in [0.2, 0.25) is 0 Å². The van der Waals surface area contributed by atoms with Crippen molar-refractivity contribution >= 4 is 28.1 Å². The van der Waals surface area contributed by atoms with E-state index in [4.69, 9.17) is 16.6 Å². The maximum Gasteiger partial charge on any atom is 0.284 e. The van der Waals surface area contributed by atoms with Crippen molar-refractivity contribution in [2.75, 3.05) is 0 Å². The maximum absolute atomic E-state index is 5.11. The molecule has 0 atom stereocenters. The molecular weight excluding hydrogens is 256 g/mol. The van der Waals surface area contributed by atoms with Crippen molar-refractivity contribution in [3.8, 4) is 11.6 Å². The molecule has 5 nitrogen and oxygen atoms in total. The van der Waals surface area contributed by atoms with Crippen LogP contribution in [-0.2, 0) is 7.05 Å². The predicted molar refractivity (Wildman–Crippen MR) is 51.6 cm³/mol. The van der Waals surface area contributed by atoms with Gasteiger partial charge in [-0.1, -0.05) is 0 Å². The van der Waals surface area contributed by atoms with Crippen molar-refractivity contribution in [1.29, 1.82) is 0 Å². The summed E-state index contributed by atoms with van der Waals surface area (Å²) in [6.45, 7) is 0. The number of aromatic nitrogens is 4. The lowest BCUT2D eigenvalue weighted by molar-refractivity contribution is 0.548. The summed E-state index contributed by atoms with van der Waals surface area (Å²) in [6, 6.07) is 0. The molecule has 0 saturated carbocycles. The van der Waals surface area contributed by atoms with Crippen LogP contribution in [0.2, 0.25) is 0 Å². The number of nitrogens with zero attached hydrogens (tertiary/aromatic N) is 3. The van der Waals surface area contributed by atoms with Crippen LogP contribution in [0.1, 0.15) is 0 Å². The summed E-state index contributed by atoms with van der Waals surface area (Å²) < 4.78 is 7.59. The molecular formula is C6H5BrN4OS. The van der Waals surface area contributed by atoms with Gasteiger partial charge in [0.25, 0.3) is 10.7 Å². The molecule has 0 aromatic carbocycles. The Balaban J connectivity index is 2.57. The van der Waals surface area contributed by atoms with E-state index in [1.807, 2.05) is 13.2 Å². The van der Waals surface area contributed by atoms with E-state index >= 15 is 0 Å². The number of aromatic amines is 1. The zero-order chi connectivity index (χ0) is 9.42. The Morgan fingerprint density at radius 2 is 2.46 bits per heavy atom. The van der Waals surface area contributed by atoms with Crippen molar-refractivity contribution in [2.45, 2.75) is 0 Å². The molecule has 68 valence electrons. The smallest absolute Gasteiger partial charge is 0.284 e. The largest absolute Gasteiger partial charge is 0.408 e. The van der Waals surface area contributed by atoms with Crippen molar-refractivity contribution in [3.63, 3.8) is 0 Å². The lowest BCUT2D eigenvalue weighted by atomic mass is 10.4. The second-order valence-corrected chi connectivity index (χ2v) is 3.64. The Morgan fingerprint density at radius 3 is 2.92 bits per heavy atom. The molecule has 0 unspecified atom stereocenters.